The highest BCUT2D eigenvalue weighted by Gasteiger charge is 2.28. The van der Waals surface area contributed by atoms with Crippen LogP contribution in [0.3, 0.4) is 0 Å². The summed E-state index contributed by atoms with van der Waals surface area (Å²) in [6, 6.07) is 8.78. The van der Waals surface area contributed by atoms with Crippen LogP contribution in [0.25, 0.3) is 0 Å². The van der Waals surface area contributed by atoms with Gasteiger partial charge in [-0.3, -0.25) is 5.84 Å². The van der Waals surface area contributed by atoms with E-state index in [0.717, 1.165) is 5.56 Å². The van der Waals surface area contributed by atoms with Crippen LogP contribution in [0.1, 0.15) is 32.4 Å². The number of nitrogens with zero attached hydrogens (tertiary/aromatic N) is 1. The van der Waals surface area contributed by atoms with Gasteiger partial charge in [-0.1, -0.05) is 30.3 Å². The Kier molecular flexibility index (Phi) is 4.26. The summed E-state index contributed by atoms with van der Waals surface area (Å²) in [4.78, 5) is 12.1. The van der Waals surface area contributed by atoms with Crippen LogP contribution in [0, 0.1) is 0 Å². The van der Waals surface area contributed by atoms with E-state index in [9.17, 15) is 4.79 Å². The van der Waals surface area contributed by atoms with Crippen LogP contribution in [-0.4, -0.2) is 23.6 Å². The van der Waals surface area contributed by atoms with Gasteiger partial charge in [0.05, 0.1) is 0 Å². The summed E-state index contributed by atoms with van der Waals surface area (Å²) < 4.78 is 5.35. The van der Waals surface area contributed by atoms with Gasteiger partial charge in [-0.2, -0.15) is 0 Å². The number of esters is 1. The molecule has 17 heavy (non-hydrogen) atoms. The van der Waals surface area contributed by atoms with Gasteiger partial charge in [0.25, 0.3) is 0 Å². The Morgan fingerprint density at radius 3 is 2.24 bits per heavy atom. The molecule has 0 heterocycles. The number of benzene rings is 1. The number of hydrazine groups is 1. The first kappa shape index (κ1) is 13.7. The molecule has 0 saturated heterocycles. The summed E-state index contributed by atoms with van der Waals surface area (Å²) in [7, 11) is 1.65. The predicted molar refractivity (Wildman–Crippen MR) is 67.0 cm³/mol. The van der Waals surface area contributed by atoms with E-state index in [1.807, 2.05) is 51.1 Å². The summed E-state index contributed by atoms with van der Waals surface area (Å²) in [6.07, 6.45) is 0. The molecule has 0 saturated carbocycles. The van der Waals surface area contributed by atoms with Gasteiger partial charge in [-0.25, -0.2) is 9.80 Å². The number of nitrogens with two attached hydrogens (primary N) is 1. The minimum atomic E-state index is -0.574. The zero-order valence-electron chi connectivity index (χ0n) is 10.8. The standard InChI is InChI=1S/C13H20N2O2/c1-13(2,3)17-12(16)11(15(4)14)10-8-6-5-7-9-10/h5-9,11H,14H2,1-4H3. The molecule has 1 unspecified atom stereocenters. The largest absolute Gasteiger partial charge is 0.459 e. The van der Waals surface area contributed by atoms with E-state index < -0.39 is 11.6 Å². The molecule has 0 fully saturated rings. The van der Waals surface area contributed by atoms with Gasteiger partial charge in [0.15, 0.2) is 0 Å². The van der Waals surface area contributed by atoms with Crippen molar-refractivity contribution >= 4 is 5.97 Å². The number of hydrogen-bond donors (Lipinski definition) is 1. The molecule has 0 aliphatic rings. The SMILES string of the molecule is CN(N)C(C(=O)OC(C)(C)C)c1ccccc1. The highest BCUT2D eigenvalue weighted by Crippen LogP contribution is 2.21. The lowest BCUT2D eigenvalue weighted by Gasteiger charge is -2.27. The zero-order valence-corrected chi connectivity index (χ0v) is 10.8. The average Bonchev–Trinajstić information content (AvgIpc) is 2.15. The van der Waals surface area contributed by atoms with E-state index in [4.69, 9.17) is 10.6 Å². The molecule has 4 nitrogen and oxygen atoms in total. The number of ether oxygens (including phenoxy) is 1. The third-order valence-electron chi connectivity index (χ3n) is 2.15. The second-order valence-corrected chi connectivity index (χ2v) is 5.01. The smallest absolute Gasteiger partial charge is 0.329 e. The molecule has 1 aromatic rings. The van der Waals surface area contributed by atoms with Crippen LogP contribution >= 0.6 is 0 Å². The van der Waals surface area contributed by atoms with E-state index in [-0.39, 0.29) is 5.97 Å². The van der Waals surface area contributed by atoms with Gasteiger partial charge in [-0.05, 0) is 26.3 Å². The van der Waals surface area contributed by atoms with Crippen molar-refractivity contribution in [2.45, 2.75) is 32.4 Å². The summed E-state index contributed by atoms with van der Waals surface area (Å²) in [5.74, 6) is 5.38. The Morgan fingerprint density at radius 1 is 1.29 bits per heavy atom. The van der Waals surface area contributed by atoms with Crippen molar-refractivity contribution in [1.82, 2.24) is 5.01 Å². The lowest BCUT2D eigenvalue weighted by atomic mass is 10.1. The zero-order chi connectivity index (χ0) is 13.1. The number of carbonyl (C=O) groups excluding carboxylic acids is 1. The predicted octanol–water partition coefficient (Wildman–Crippen LogP) is 1.87. The van der Waals surface area contributed by atoms with E-state index in [0.29, 0.717) is 0 Å². The Bertz CT molecular complexity index is 369. The van der Waals surface area contributed by atoms with E-state index >= 15 is 0 Å². The van der Waals surface area contributed by atoms with E-state index in [1.54, 1.807) is 7.05 Å². The average molecular weight is 236 g/mol. The Hall–Kier alpha value is -1.39. The molecule has 0 aliphatic heterocycles. The third-order valence-corrected chi connectivity index (χ3v) is 2.15. The molecule has 0 radical (unpaired) electrons. The molecule has 0 amide bonds. The van der Waals surface area contributed by atoms with Crippen molar-refractivity contribution in [1.29, 1.82) is 0 Å². The monoisotopic (exact) mass is 236 g/mol. The Balaban J connectivity index is 2.92. The normalized spacial score (nSPS) is 13.5. The summed E-state index contributed by atoms with van der Waals surface area (Å²) in [5, 5.41) is 1.36. The molecule has 2 N–H and O–H groups in total. The Morgan fingerprint density at radius 2 is 1.82 bits per heavy atom. The quantitative estimate of drug-likeness (QED) is 0.494. The minimum Gasteiger partial charge on any atom is -0.459 e. The molecule has 0 spiro atoms. The fourth-order valence-corrected chi connectivity index (χ4v) is 1.53. The summed E-state index contributed by atoms with van der Waals surface area (Å²) in [5.41, 5.74) is 0.312. The van der Waals surface area contributed by atoms with Crippen molar-refractivity contribution in [3.8, 4) is 0 Å². The first-order valence-electron chi connectivity index (χ1n) is 5.56. The van der Waals surface area contributed by atoms with E-state index in [2.05, 4.69) is 0 Å². The molecular weight excluding hydrogens is 216 g/mol. The number of rotatable bonds is 3. The highest BCUT2D eigenvalue weighted by atomic mass is 16.6. The molecule has 1 aromatic carbocycles. The van der Waals surface area contributed by atoms with Crippen molar-refractivity contribution in [2.75, 3.05) is 7.05 Å². The van der Waals surface area contributed by atoms with Crippen molar-refractivity contribution in [2.24, 2.45) is 5.84 Å². The Labute approximate surface area is 102 Å². The van der Waals surface area contributed by atoms with Gasteiger partial charge in [0.1, 0.15) is 11.6 Å². The van der Waals surface area contributed by atoms with Gasteiger partial charge < -0.3 is 4.74 Å². The maximum atomic E-state index is 12.1. The highest BCUT2D eigenvalue weighted by molar-refractivity contribution is 5.77. The molecule has 1 rings (SSSR count). The summed E-state index contributed by atoms with van der Waals surface area (Å²) in [6.45, 7) is 5.51. The lowest BCUT2D eigenvalue weighted by molar-refractivity contribution is -0.161. The molecule has 94 valence electrons. The maximum Gasteiger partial charge on any atom is 0.329 e. The maximum absolute atomic E-state index is 12.1. The lowest BCUT2D eigenvalue weighted by Crippen LogP contribution is -2.39. The topological polar surface area (TPSA) is 55.6 Å². The van der Waals surface area contributed by atoms with Crippen molar-refractivity contribution < 1.29 is 9.53 Å². The van der Waals surface area contributed by atoms with E-state index in [1.165, 1.54) is 5.01 Å². The summed E-state index contributed by atoms with van der Waals surface area (Å²) >= 11 is 0. The minimum absolute atomic E-state index is 0.339. The number of likely N-dealkylation sites (N-methyl/N-ethyl adjacent to an activating group) is 1. The van der Waals surface area contributed by atoms with Gasteiger partial charge in [0, 0.05) is 7.05 Å². The molecule has 4 heteroatoms. The van der Waals surface area contributed by atoms with Crippen LogP contribution in [-0.2, 0) is 9.53 Å². The first-order valence-corrected chi connectivity index (χ1v) is 5.56. The fraction of sp³-hybridized carbons (Fsp3) is 0.462. The molecule has 0 aliphatic carbocycles. The first-order chi connectivity index (χ1) is 7.81. The van der Waals surface area contributed by atoms with Crippen LogP contribution in [0.5, 0.6) is 0 Å². The second kappa shape index (κ2) is 5.29. The van der Waals surface area contributed by atoms with Crippen LogP contribution in [0.4, 0.5) is 0 Å². The molecular formula is C13H20N2O2. The molecule has 0 bridgehead atoms. The van der Waals surface area contributed by atoms with Gasteiger partial charge >= 0.3 is 5.97 Å². The van der Waals surface area contributed by atoms with Gasteiger partial charge in [0.2, 0.25) is 0 Å². The number of hydrogen-bond acceptors (Lipinski definition) is 4. The molecule has 0 aromatic heterocycles. The number of carbonyl (C=O) groups is 1. The fourth-order valence-electron chi connectivity index (χ4n) is 1.53. The van der Waals surface area contributed by atoms with Crippen LogP contribution in [0.15, 0.2) is 30.3 Å². The van der Waals surface area contributed by atoms with Crippen LogP contribution in [0.2, 0.25) is 0 Å². The third kappa shape index (κ3) is 4.17. The van der Waals surface area contributed by atoms with Crippen LogP contribution < -0.4 is 5.84 Å². The molecule has 1 atom stereocenters. The van der Waals surface area contributed by atoms with Gasteiger partial charge in [-0.15, -0.1) is 0 Å². The second-order valence-electron chi connectivity index (χ2n) is 5.01. The van der Waals surface area contributed by atoms with Crippen molar-refractivity contribution in [3.05, 3.63) is 35.9 Å². The van der Waals surface area contributed by atoms with Crippen molar-refractivity contribution in [3.63, 3.8) is 0 Å².